The summed E-state index contributed by atoms with van der Waals surface area (Å²) in [5.41, 5.74) is 6.46. The topological polar surface area (TPSA) is 105 Å². The molecule has 0 aliphatic carbocycles. The third-order valence-electron chi connectivity index (χ3n) is 5.19. The van der Waals surface area contributed by atoms with Crippen LogP contribution in [0.5, 0.6) is 0 Å². The van der Waals surface area contributed by atoms with Crippen LogP contribution >= 0.6 is 9.24 Å². The normalized spacial score (nSPS) is 11.3. The SMILES string of the molecule is NCCCNCc1ccc(-c2cn3c(=O)cc(-c4cc(P)c(F)cc4F)nc3[nH]c2=O)cc1. The molecule has 0 amide bonds. The van der Waals surface area contributed by atoms with Crippen LogP contribution in [0.25, 0.3) is 28.2 Å². The second-order valence-electron chi connectivity index (χ2n) is 7.54. The molecule has 2 aromatic heterocycles. The summed E-state index contributed by atoms with van der Waals surface area (Å²) < 4.78 is 29.0. The lowest BCUT2D eigenvalue weighted by Crippen LogP contribution is -2.21. The minimum atomic E-state index is -0.855. The molecule has 4 aromatic rings. The van der Waals surface area contributed by atoms with E-state index in [1.807, 2.05) is 12.1 Å². The van der Waals surface area contributed by atoms with Gasteiger partial charge in [0.15, 0.2) is 0 Å². The molecule has 4 N–H and O–H groups in total. The summed E-state index contributed by atoms with van der Waals surface area (Å²) in [6.07, 6.45) is 2.30. The smallest absolute Gasteiger partial charge is 0.260 e. The van der Waals surface area contributed by atoms with Crippen LogP contribution in [-0.4, -0.2) is 27.5 Å². The van der Waals surface area contributed by atoms with Crippen molar-refractivity contribution < 1.29 is 8.78 Å². The number of nitrogens with two attached hydrogens (primary N) is 1. The summed E-state index contributed by atoms with van der Waals surface area (Å²) in [7, 11) is 2.16. The Bertz CT molecular complexity index is 1430. The Kier molecular flexibility index (Phi) is 6.74. The van der Waals surface area contributed by atoms with Crippen molar-refractivity contribution in [1.82, 2.24) is 19.7 Å². The van der Waals surface area contributed by atoms with E-state index in [1.54, 1.807) is 12.1 Å². The molecule has 33 heavy (non-hydrogen) atoms. The van der Waals surface area contributed by atoms with Crippen LogP contribution in [0.1, 0.15) is 12.0 Å². The molecule has 1 atom stereocenters. The van der Waals surface area contributed by atoms with Gasteiger partial charge in [-0.15, -0.1) is 9.24 Å². The lowest BCUT2D eigenvalue weighted by atomic mass is 10.1. The van der Waals surface area contributed by atoms with Crippen LogP contribution in [0.4, 0.5) is 8.78 Å². The number of rotatable bonds is 7. The number of benzene rings is 2. The Balaban J connectivity index is 1.69. The molecular weight excluding hydrogens is 447 g/mol. The van der Waals surface area contributed by atoms with Gasteiger partial charge in [-0.1, -0.05) is 24.3 Å². The van der Waals surface area contributed by atoms with E-state index in [4.69, 9.17) is 5.73 Å². The van der Waals surface area contributed by atoms with E-state index < -0.39 is 22.8 Å². The number of hydrogen-bond acceptors (Lipinski definition) is 5. The van der Waals surface area contributed by atoms with Gasteiger partial charge in [0.2, 0.25) is 5.78 Å². The summed E-state index contributed by atoms with van der Waals surface area (Å²) in [5, 5.41) is 3.42. The highest BCUT2D eigenvalue weighted by Gasteiger charge is 2.14. The number of nitrogens with zero attached hydrogens (tertiary/aromatic N) is 2. The Morgan fingerprint density at radius 2 is 1.82 bits per heavy atom. The number of nitrogens with one attached hydrogen (secondary N) is 2. The summed E-state index contributed by atoms with van der Waals surface area (Å²) in [6.45, 7) is 2.13. The Hall–Kier alpha value is -3.26. The summed E-state index contributed by atoms with van der Waals surface area (Å²) in [4.78, 5) is 32.3. The molecule has 170 valence electrons. The third kappa shape index (κ3) is 4.90. The van der Waals surface area contributed by atoms with Gasteiger partial charge in [0, 0.05) is 35.7 Å². The first-order valence-electron chi connectivity index (χ1n) is 10.3. The molecular formula is C23H22F2N5O2P. The number of H-pyrrole nitrogens is 1. The molecule has 2 heterocycles. The largest absolute Gasteiger partial charge is 0.330 e. The standard InChI is InChI=1S/C23H22F2N5O2P/c24-17-9-18(25)20(33)8-15(17)19-10-21(31)30-12-16(22(32)29-23(30)28-19)14-4-2-13(3-5-14)11-27-7-1-6-26/h2-5,8-10,12,27H,1,6-7,11,26,33H2,(H,28,29,32). The molecule has 0 spiro atoms. The molecule has 7 nitrogen and oxygen atoms in total. The first-order chi connectivity index (χ1) is 15.9. The van der Waals surface area contributed by atoms with Crippen molar-refractivity contribution in [2.24, 2.45) is 5.73 Å². The Morgan fingerprint density at radius 1 is 1.06 bits per heavy atom. The second kappa shape index (κ2) is 9.70. The summed E-state index contributed by atoms with van der Waals surface area (Å²) >= 11 is 0. The third-order valence-corrected chi connectivity index (χ3v) is 5.64. The van der Waals surface area contributed by atoms with Crippen molar-refractivity contribution in [3.8, 4) is 22.4 Å². The summed E-state index contributed by atoms with van der Waals surface area (Å²) in [5.74, 6) is -1.62. The molecule has 4 rings (SSSR count). The van der Waals surface area contributed by atoms with Gasteiger partial charge in [0.1, 0.15) is 11.6 Å². The molecule has 1 unspecified atom stereocenters. The van der Waals surface area contributed by atoms with E-state index in [0.29, 0.717) is 24.2 Å². The zero-order valence-electron chi connectivity index (χ0n) is 17.6. The first kappa shape index (κ1) is 22.9. The number of hydrogen-bond donors (Lipinski definition) is 3. The molecule has 0 saturated carbocycles. The summed E-state index contributed by atoms with van der Waals surface area (Å²) in [6, 6.07) is 10.5. The highest BCUT2D eigenvalue weighted by atomic mass is 31.0. The lowest BCUT2D eigenvalue weighted by molar-refractivity contribution is 0.590. The molecule has 0 fully saturated rings. The first-order valence-corrected chi connectivity index (χ1v) is 10.9. The highest BCUT2D eigenvalue weighted by molar-refractivity contribution is 7.27. The van der Waals surface area contributed by atoms with Crippen LogP contribution in [0, 0.1) is 11.6 Å². The predicted octanol–water partition coefficient (Wildman–Crippen LogP) is 1.93. The van der Waals surface area contributed by atoms with E-state index in [0.717, 1.165) is 30.7 Å². The number of halogens is 2. The highest BCUT2D eigenvalue weighted by Crippen LogP contribution is 2.21. The average molecular weight is 469 g/mol. The molecule has 2 aromatic carbocycles. The fourth-order valence-corrected chi connectivity index (χ4v) is 3.68. The van der Waals surface area contributed by atoms with Crippen LogP contribution in [-0.2, 0) is 6.54 Å². The quantitative estimate of drug-likeness (QED) is 0.283. The fourth-order valence-electron chi connectivity index (χ4n) is 3.43. The van der Waals surface area contributed by atoms with Crippen molar-refractivity contribution in [2.75, 3.05) is 13.1 Å². The van der Waals surface area contributed by atoms with Crippen molar-refractivity contribution in [1.29, 1.82) is 0 Å². The molecule has 0 aliphatic rings. The van der Waals surface area contributed by atoms with E-state index in [1.165, 1.54) is 16.7 Å². The van der Waals surface area contributed by atoms with Gasteiger partial charge in [-0.2, -0.15) is 0 Å². The minimum absolute atomic E-state index is 0.00362. The van der Waals surface area contributed by atoms with Crippen molar-refractivity contribution in [3.05, 3.63) is 86.6 Å². The van der Waals surface area contributed by atoms with E-state index in [2.05, 4.69) is 24.5 Å². The monoisotopic (exact) mass is 469 g/mol. The van der Waals surface area contributed by atoms with Gasteiger partial charge < -0.3 is 11.1 Å². The molecule has 0 saturated heterocycles. The minimum Gasteiger partial charge on any atom is -0.330 e. The maximum Gasteiger partial charge on any atom is 0.260 e. The van der Waals surface area contributed by atoms with Gasteiger partial charge in [0.05, 0.1) is 11.3 Å². The van der Waals surface area contributed by atoms with Crippen molar-refractivity contribution in [2.45, 2.75) is 13.0 Å². The van der Waals surface area contributed by atoms with E-state index in [9.17, 15) is 18.4 Å². The van der Waals surface area contributed by atoms with Gasteiger partial charge in [-0.3, -0.25) is 19.0 Å². The number of aromatic amines is 1. The Labute approximate surface area is 189 Å². The Morgan fingerprint density at radius 3 is 2.55 bits per heavy atom. The van der Waals surface area contributed by atoms with Gasteiger partial charge in [-0.05, 0) is 36.7 Å². The van der Waals surface area contributed by atoms with E-state index >= 15 is 0 Å². The van der Waals surface area contributed by atoms with E-state index in [-0.39, 0.29) is 22.3 Å². The lowest BCUT2D eigenvalue weighted by Gasteiger charge is -2.09. The second-order valence-corrected chi connectivity index (χ2v) is 8.16. The molecule has 0 radical (unpaired) electrons. The fraction of sp³-hybridized carbons (Fsp3) is 0.174. The number of aromatic nitrogens is 3. The van der Waals surface area contributed by atoms with Gasteiger partial charge in [0.25, 0.3) is 11.1 Å². The van der Waals surface area contributed by atoms with Crippen LogP contribution in [0.3, 0.4) is 0 Å². The average Bonchev–Trinajstić information content (AvgIpc) is 2.79. The van der Waals surface area contributed by atoms with Crippen LogP contribution < -0.4 is 27.5 Å². The molecule has 0 bridgehead atoms. The maximum atomic E-state index is 14.3. The predicted molar refractivity (Wildman–Crippen MR) is 128 cm³/mol. The van der Waals surface area contributed by atoms with Gasteiger partial charge >= 0.3 is 0 Å². The number of fused-ring (bicyclic) bond motifs is 1. The van der Waals surface area contributed by atoms with Crippen molar-refractivity contribution in [3.63, 3.8) is 0 Å². The maximum absolute atomic E-state index is 14.3. The van der Waals surface area contributed by atoms with Crippen LogP contribution in [0.2, 0.25) is 0 Å². The molecule has 10 heteroatoms. The van der Waals surface area contributed by atoms with Crippen LogP contribution in [0.15, 0.2) is 58.3 Å². The molecule has 0 aliphatic heterocycles. The zero-order chi connectivity index (χ0) is 23.5. The van der Waals surface area contributed by atoms with Crippen molar-refractivity contribution >= 4 is 20.3 Å². The zero-order valence-corrected chi connectivity index (χ0v) is 18.7. The van der Waals surface area contributed by atoms with Gasteiger partial charge in [-0.25, -0.2) is 13.8 Å².